The number of carbonyl (C=O) groups excluding carboxylic acids is 1. The molecule has 0 atom stereocenters. The van der Waals surface area contributed by atoms with Crippen LogP contribution < -0.4 is 0 Å². The summed E-state index contributed by atoms with van der Waals surface area (Å²) in [5.41, 5.74) is 0.752. The van der Waals surface area contributed by atoms with E-state index in [1.807, 2.05) is 0 Å². The van der Waals surface area contributed by atoms with E-state index in [1.54, 1.807) is 42.5 Å². The number of benzene rings is 2. The van der Waals surface area contributed by atoms with Crippen molar-refractivity contribution in [2.75, 3.05) is 5.88 Å². The second-order valence-electron chi connectivity index (χ2n) is 4.31. The molecule has 2 aromatic rings. The van der Waals surface area contributed by atoms with E-state index in [9.17, 15) is 13.2 Å². The van der Waals surface area contributed by atoms with Gasteiger partial charge in [0.2, 0.25) is 9.84 Å². The number of ketones is 1. The maximum atomic E-state index is 12.3. The summed E-state index contributed by atoms with van der Waals surface area (Å²) in [6, 6.07) is 14.5. The molecule has 0 saturated carbocycles. The summed E-state index contributed by atoms with van der Waals surface area (Å²) in [5, 5.41) is 0. The van der Waals surface area contributed by atoms with Crippen molar-refractivity contribution in [2.45, 2.75) is 16.2 Å². The molecule has 0 heterocycles. The number of halogens is 1. The van der Waals surface area contributed by atoms with E-state index in [0.29, 0.717) is 0 Å². The van der Waals surface area contributed by atoms with Crippen LogP contribution >= 0.6 is 11.6 Å². The highest BCUT2D eigenvalue weighted by atomic mass is 35.5. The topological polar surface area (TPSA) is 51.2 Å². The predicted molar refractivity (Wildman–Crippen MR) is 77.8 cm³/mol. The lowest BCUT2D eigenvalue weighted by molar-refractivity contribution is -0.116. The highest BCUT2D eigenvalue weighted by Gasteiger charge is 2.16. The summed E-state index contributed by atoms with van der Waals surface area (Å²) in [7, 11) is -3.50. The van der Waals surface area contributed by atoms with E-state index in [2.05, 4.69) is 0 Å². The quantitative estimate of drug-likeness (QED) is 0.798. The van der Waals surface area contributed by atoms with Gasteiger partial charge in [-0.25, -0.2) is 8.42 Å². The minimum absolute atomic E-state index is 0.0376. The third-order valence-corrected chi connectivity index (χ3v) is 4.92. The number of carbonyl (C=O) groups is 1. The minimum Gasteiger partial charge on any atom is -0.298 e. The largest absolute Gasteiger partial charge is 0.298 e. The van der Waals surface area contributed by atoms with Gasteiger partial charge in [0.25, 0.3) is 0 Å². The Balaban J connectivity index is 2.28. The van der Waals surface area contributed by atoms with Gasteiger partial charge in [0.1, 0.15) is 0 Å². The average Bonchev–Trinajstić information content (AvgIpc) is 2.48. The van der Waals surface area contributed by atoms with Gasteiger partial charge in [-0.15, -0.1) is 11.6 Å². The first-order valence-electron chi connectivity index (χ1n) is 6.01. The fourth-order valence-electron chi connectivity index (χ4n) is 1.80. The van der Waals surface area contributed by atoms with Crippen LogP contribution in [0.3, 0.4) is 0 Å². The van der Waals surface area contributed by atoms with Crippen LogP contribution in [0.25, 0.3) is 0 Å². The molecule has 0 saturated heterocycles. The van der Waals surface area contributed by atoms with E-state index < -0.39 is 9.84 Å². The summed E-state index contributed by atoms with van der Waals surface area (Å²) in [4.78, 5) is 11.7. The SMILES string of the molecule is O=C(CCl)Cc1ccc(S(=O)(=O)c2ccccc2)cc1. The first kappa shape index (κ1) is 14.8. The zero-order valence-electron chi connectivity index (χ0n) is 10.6. The zero-order valence-corrected chi connectivity index (χ0v) is 12.2. The summed E-state index contributed by atoms with van der Waals surface area (Å²) >= 11 is 5.44. The lowest BCUT2D eigenvalue weighted by atomic mass is 10.1. The molecule has 20 heavy (non-hydrogen) atoms. The van der Waals surface area contributed by atoms with Gasteiger partial charge >= 0.3 is 0 Å². The summed E-state index contributed by atoms with van der Waals surface area (Å²) in [6.07, 6.45) is 0.217. The number of hydrogen-bond donors (Lipinski definition) is 0. The fraction of sp³-hybridized carbons (Fsp3) is 0.133. The Morgan fingerprint density at radius 3 is 2.00 bits per heavy atom. The van der Waals surface area contributed by atoms with E-state index >= 15 is 0 Å². The second-order valence-corrected chi connectivity index (χ2v) is 6.53. The van der Waals surface area contributed by atoms with Gasteiger partial charge in [-0.2, -0.15) is 0 Å². The highest BCUT2D eigenvalue weighted by Crippen LogP contribution is 2.20. The van der Waals surface area contributed by atoms with Crippen LogP contribution in [0, 0.1) is 0 Å². The van der Waals surface area contributed by atoms with Crippen molar-refractivity contribution in [3.8, 4) is 0 Å². The molecule has 0 aliphatic rings. The molecule has 2 rings (SSSR count). The van der Waals surface area contributed by atoms with Crippen LogP contribution in [0.5, 0.6) is 0 Å². The fourth-order valence-corrected chi connectivity index (χ4v) is 3.17. The Morgan fingerprint density at radius 2 is 1.45 bits per heavy atom. The Labute approximate surface area is 123 Å². The zero-order chi connectivity index (χ0) is 14.6. The molecule has 104 valence electrons. The molecule has 0 fully saturated rings. The van der Waals surface area contributed by atoms with Crippen LogP contribution in [0.15, 0.2) is 64.4 Å². The molecule has 3 nitrogen and oxygen atoms in total. The summed E-state index contributed by atoms with van der Waals surface area (Å²) in [6.45, 7) is 0. The second kappa shape index (κ2) is 6.20. The van der Waals surface area contributed by atoms with Gasteiger partial charge in [-0.3, -0.25) is 4.79 Å². The summed E-state index contributed by atoms with van der Waals surface area (Å²) in [5.74, 6) is -0.130. The van der Waals surface area contributed by atoms with Gasteiger partial charge < -0.3 is 0 Å². The highest BCUT2D eigenvalue weighted by molar-refractivity contribution is 7.91. The normalized spacial score (nSPS) is 11.2. The Bertz CT molecular complexity index is 692. The molecule has 0 bridgehead atoms. The molecule has 0 aliphatic carbocycles. The van der Waals surface area contributed by atoms with Crippen molar-refractivity contribution in [3.05, 3.63) is 60.2 Å². The molecular weight excluding hydrogens is 296 g/mol. The van der Waals surface area contributed by atoms with E-state index in [4.69, 9.17) is 11.6 Å². The smallest absolute Gasteiger partial charge is 0.206 e. The lowest BCUT2D eigenvalue weighted by Crippen LogP contribution is -2.05. The van der Waals surface area contributed by atoms with Crippen LogP contribution in [0.2, 0.25) is 0 Å². The van der Waals surface area contributed by atoms with E-state index in [1.165, 1.54) is 12.1 Å². The first-order valence-corrected chi connectivity index (χ1v) is 8.02. The van der Waals surface area contributed by atoms with Crippen LogP contribution in [-0.2, 0) is 21.1 Å². The van der Waals surface area contributed by atoms with Crippen molar-refractivity contribution in [2.24, 2.45) is 0 Å². The van der Waals surface area contributed by atoms with Crippen LogP contribution in [-0.4, -0.2) is 20.1 Å². The standard InChI is InChI=1S/C15H13ClO3S/c16-11-13(17)10-12-6-8-15(9-7-12)20(18,19)14-4-2-1-3-5-14/h1-9H,10-11H2. The average molecular weight is 309 g/mol. The molecular formula is C15H13ClO3S. The van der Waals surface area contributed by atoms with Gasteiger partial charge in [-0.05, 0) is 29.8 Å². The van der Waals surface area contributed by atoms with Crippen molar-refractivity contribution < 1.29 is 13.2 Å². The molecule has 0 spiro atoms. The van der Waals surface area contributed by atoms with Crippen molar-refractivity contribution >= 4 is 27.2 Å². The molecule has 0 N–H and O–H groups in total. The van der Waals surface area contributed by atoms with E-state index in [0.717, 1.165) is 5.56 Å². The van der Waals surface area contributed by atoms with Crippen molar-refractivity contribution in [1.82, 2.24) is 0 Å². The van der Waals surface area contributed by atoms with Gasteiger partial charge in [-0.1, -0.05) is 30.3 Å². The maximum Gasteiger partial charge on any atom is 0.206 e. The Hall–Kier alpha value is -1.65. The number of sulfone groups is 1. The molecule has 0 unspecified atom stereocenters. The van der Waals surface area contributed by atoms with Gasteiger partial charge in [0.15, 0.2) is 5.78 Å². The molecule has 2 aromatic carbocycles. The number of Topliss-reactive ketones (excluding diaryl/α,β-unsaturated/α-hetero) is 1. The summed E-state index contributed by atoms with van der Waals surface area (Å²) < 4.78 is 24.7. The van der Waals surface area contributed by atoms with E-state index in [-0.39, 0.29) is 27.9 Å². The predicted octanol–water partition coefficient (Wildman–Crippen LogP) is 2.87. The first-order chi connectivity index (χ1) is 9.54. The third-order valence-electron chi connectivity index (χ3n) is 2.84. The molecule has 0 aliphatic heterocycles. The lowest BCUT2D eigenvalue weighted by Gasteiger charge is -2.05. The van der Waals surface area contributed by atoms with Crippen LogP contribution in [0.1, 0.15) is 5.56 Å². The molecule has 0 aromatic heterocycles. The van der Waals surface area contributed by atoms with Gasteiger partial charge in [0, 0.05) is 6.42 Å². The maximum absolute atomic E-state index is 12.3. The van der Waals surface area contributed by atoms with Gasteiger partial charge in [0.05, 0.1) is 15.7 Å². The van der Waals surface area contributed by atoms with Crippen molar-refractivity contribution in [1.29, 1.82) is 0 Å². The monoisotopic (exact) mass is 308 g/mol. The number of rotatable bonds is 5. The van der Waals surface area contributed by atoms with Crippen LogP contribution in [0.4, 0.5) is 0 Å². The molecule has 0 amide bonds. The van der Waals surface area contributed by atoms with Crippen molar-refractivity contribution in [3.63, 3.8) is 0 Å². The molecule has 5 heteroatoms. The number of alkyl halides is 1. The molecule has 0 radical (unpaired) electrons. The Morgan fingerprint density at radius 1 is 0.900 bits per heavy atom. The third kappa shape index (κ3) is 3.26. The Kier molecular flexibility index (Phi) is 4.57. The minimum atomic E-state index is -3.50. The number of hydrogen-bond acceptors (Lipinski definition) is 3.